The van der Waals surface area contributed by atoms with Crippen LogP contribution in [0.2, 0.25) is 0 Å². The minimum Gasteiger partial charge on any atom is -0.445 e. The van der Waals surface area contributed by atoms with Gasteiger partial charge in [0.1, 0.15) is 11.5 Å². The highest BCUT2D eigenvalue weighted by Crippen LogP contribution is 2.28. The van der Waals surface area contributed by atoms with Crippen LogP contribution in [0.25, 0.3) is 11.3 Å². The molecule has 0 saturated carbocycles. The van der Waals surface area contributed by atoms with Crippen LogP contribution in [0.3, 0.4) is 0 Å². The van der Waals surface area contributed by atoms with Crippen LogP contribution in [-0.2, 0) is 0 Å². The Morgan fingerprint density at radius 1 is 1.29 bits per heavy atom. The van der Waals surface area contributed by atoms with E-state index in [9.17, 15) is 0 Å². The number of aromatic nitrogens is 1. The van der Waals surface area contributed by atoms with Gasteiger partial charge < -0.3 is 9.73 Å². The number of hydrogen-bond acceptors (Lipinski definition) is 3. The van der Waals surface area contributed by atoms with E-state index in [1.165, 1.54) is 0 Å². The number of oxazole rings is 1. The smallest absolute Gasteiger partial charge is 0.199 e. The van der Waals surface area contributed by atoms with Crippen molar-refractivity contribution in [2.75, 3.05) is 13.1 Å². The largest absolute Gasteiger partial charge is 0.445 e. The first-order valence-electron chi connectivity index (χ1n) is 6.08. The summed E-state index contributed by atoms with van der Waals surface area (Å²) in [5, 5.41) is 3.34. The molecule has 3 rings (SSSR count). The van der Waals surface area contributed by atoms with E-state index in [0.717, 1.165) is 42.4 Å². The maximum atomic E-state index is 5.80. The van der Waals surface area contributed by atoms with Crippen LogP contribution in [-0.4, -0.2) is 18.1 Å². The monoisotopic (exact) mass is 228 g/mol. The van der Waals surface area contributed by atoms with Crippen molar-refractivity contribution in [1.82, 2.24) is 10.3 Å². The molecule has 2 heterocycles. The molecule has 1 aromatic heterocycles. The summed E-state index contributed by atoms with van der Waals surface area (Å²) in [6.45, 7) is 4.03. The Labute approximate surface area is 101 Å². The number of aryl methyl sites for hydroxylation is 1. The molecule has 0 aliphatic carbocycles. The maximum absolute atomic E-state index is 5.80. The molecule has 1 aliphatic heterocycles. The van der Waals surface area contributed by atoms with Gasteiger partial charge >= 0.3 is 0 Å². The van der Waals surface area contributed by atoms with Gasteiger partial charge in [0.15, 0.2) is 5.89 Å². The van der Waals surface area contributed by atoms with Gasteiger partial charge in [0.25, 0.3) is 0 Å². The molecule has 1 saturated heterocycles. The van der Waals surface area contributed by atoms with Crippen LogP contribution in [0.15, 0.2) is 34.7 Å². The molecule has 1 atom stereocenters. The Hall–Kier alpha value is -1.61. The zero-order valence-corrected chi connectivity index (χ0v) is 9.94. The Balaban J connectivity index is 1.96. The standard InChI is InChI=1S/C14H16N2O/c1-10-13(11-5-3-2-4-6-11)16-14(17-10)12-7-8-15-9-12/h2-6,12,15H,7-9H2,1H3. The molecule has 17 heavy (non-hydrogen) atoms. The number of hydrogen-bond donors (Lipinski definition) is 1. The number of nitrogens with one attached hydrogen (secondary N) is 1. The van der Waals surface area contributed by atoms with Crippen molar-refractivity contribution < 1.29 is 4.42 Å². The number of benzene rings is 1. The summed E-state index contributed by atoms with van der Waals surface area (Å²) >= 11 is 0. The van der Waals surface area contributed by atoms with Gasteiger partial charge in [-0.05, 0) is 19.9 Å². The first-order chi connectivity index (χ1) is 8.34. The summed E-state index contributed by atoms with van der Waals surface area (Å²) < 4.78 is 5.80. The summed E-state index contributed by atoms with van der Waals surface area (Å²) in [4.78, 5) is 4.66. The van der Waals surface area contributed by atoms with Crippen LogP contribution in [0, 0.1) is 6.92 Å². The maximum Gasteiger partial charge on any atom is 0.199 e. The lowest BCUT2D eigenvalue weighted by atomic mass is 10.1. The normalized spacial score (nSPS) is 19.7. The Morgan fingerprint density at radius 3 is 2.82 bits per heavy atom. The minimum absolute atomic E-state index is 0.436. The number of rotatable bonds is 2. The third-order valence-corrected chi connectivity index (χ3v) is 3.27. The summed E-state index contributed by atoms with van der Waals surface area (Å²) in [6, 6.07) is 10.2. The van der Waals surface area contributed by atoms with Crippen LogP contribution < -0.4 is 5.32 Å². The van der Waals surface area contributed by atoms with E-state index < -0.39 is 0 Å². The second kappa shape index (κ2) is 4.34. The van der Waals surface area contributed by atoms with Gasteiger partial charge in [0, 0.05) is 18.0 Å². The molecule has 0 bridgehead atoms. The zero-order chi connectivity index (χ0) is 11.7. The lowest BCUT2D eigenvalue weighted by Crippen LogP contribution is -2.08. The highest BCUT2D eigenvalue weighted by atomic mass is 16.4. The lowest BCUT2D eigenvalue weighted by Gasteiger charge is -2.00. The fraction of sp³-hybridized carbons (Fsp3) is 0.357. The van der Waals surface area contributed by atoms with E-state index in [1.807, 2.05) is 25.1 Å². The third kappa shape index (κ3) is 1.98. The fourth-order valence-electron chi connectivity index (χ4n) is 2.32. The Morgan fingerprint density at radius 2 is 2.12 bits per heavy atom. The van der Waals surface area contributed by atoms with E-state index in [-0.39, 0.29) is 0 Å². The first kappa shape index (κ1) is 10.5. The summed E-state index contributed by atoms with van der Waals surface area (Å²) in [5.41, 5.74) is 2.11. The van der Waals surface area contributed by atoms with Crippen LogP contribution >= 0.6 is 0 Å². The SMILES string of the molecule is Cc1oc(C2CCNC2)nc1-c1ccccc1. The van der Waals surface area contributed by atoms with Crippen LogP contribution in [0.1, 0.15) is 24.0 Å². The molecular formula is C14H16N2O. The lowest BCUT2D eigenvalue weighted by molar-refractivity contribution is 0.439. The molecule has 0 amide bonds. The summed E-state index contributed by atoms with van der Waals surface area (Å²) in [7, 11) is 0. The van der Waals surface area contributed by atoms with E-state index in [2.05, 4.69) is 22.4 Å². The van der Waals surface area contributed by atoms with Crippen LogP contribution in [0.4, 0.5) is 0 Å². The Kier molecular flexibility index (Phi) is 2.69. The van der Waals surface area contributed by atoms with Gasteiger partial charge in [0.2, 0.25) is 0 Å². The average molecular weight is 228 g/mol. The van der Waals surface area contributed by atoms with Crippen molar-refractivity contribution in [2.24, 2.45) is 0 Å². The average Bonchev–Trinajstić information content (AvgIpc) is 2.99. The second-order valence-electron chi connectivity index (χ2n) is 4.51. The van der Waals surface area contributed by atoms with Crippen molar-refractivity contribution in [1.29, 1.82) is 0 Å². The first-order valence-corrected chi connectivity index (χ1v) is 6.08. The molecule has 88 valence electrons. The van der Waals surface area contributed by atoms with Gasteiger partial charge in [-0.1, -0.05) is 30.3 Å². The molecule has 2 aromatic rings. The highest BCUT2D eigenvalue weighted by Gasteiger charge is 2.23. The van der Waals surface area contributed by atoms with E-state index in [4.69, 9.17) is 4.42 Å². The highest BCUT2D eigenvalue weighted by molar-refractivity contribution is 5.60. The van der Waals surface area contributed by atoms with Crippen molar-refractivity contribution in [3.63, 3.8) is 0 Å². The molecule has 1 fully saturated rings. The topological polar surface area (TPSA) is 38.1 Å². The molecular weight excluding hydrogens is 212 g/mol. The quantitative estimate of drug-likeness (QED) is 0.858. The minimum atomic E-state index is 0.436. The number of nitrogens with zero attached hydrogens (tertiary/aromatic N) is 1. The van der Waals surface area contributed by atoms with Crippen LogP contribution in [0.5, 0.6) is 0 Å². The molecule has 3 nitrogen and oxygen atoms in total. The Bertz CT molecular complexity index is 498. The van der Waals surface area contributed by atoms with Crippen molar-refractivity contribution in [3.8, 4) is 11.3 Å². The molecule has 1 aliphatic rings. The van der Waals surface area contributed by atoms with Crippen molar-refractivity contribution in [3.05, 3.63) is 42.0 Å². The zero-order valence-electron chi connectivity index (χ0n) is 9.94. The predicted octanol–water partition coefficient (Wildman–Crippen LogP) is 2.73. The van der Waals surface area contributed by atoms with Gasteiger partial charge in [0.05, 0.1) is 0 Å². The van der Waals surface area contributed by atoms with Crippen molar-refractivity contribution >= 4 is 0 Å². The third-order valence-electron chi connectivity index (χ3n) is 3.27. The summed E-state index contributed by atoms with van der Waals surface area (Å²) in [5.74, 6) is 2.23. The molecule has 1 aromatic carbocycles. The molecule has 3 heteroatoms. The molecule has 1 N–H and O–H groups in total. The molecule has 1 unspecified atom stereocenters. The second-order valence-corrected chi connectivity index (χ2v) is 4.51. The molecule has 0 radical (unpaired) electrons. The van der Waals surface area contributed by atoms with E-state index in [0.29, 0.717) is 5.92 Å². The molecule has 0 spiro atoms. The van der Waals surface area contributed by atoms with Gasteiger partial charge in [-0.3, -0.25) is 0 Å². The van der Waals surface area contributed by atoms with E-state index >= 15 is 0 Å². The summed E-state index contributed by atoms with van der Waals surface area (Å²) in [6.07, 6.45) is 1.12. The fourth-order valence-corrected chi connectivity index (χ4v) is 2.32. The van der Waals surface area contributed by atoms with Gasteiger partial charge in [-0.2, -0.15) is 0 Å². The van der Waals surface area contributed by atoms with Gasteiger partial charge in [-0.15, -0.1) is 0 Å². The predicted molar refractivity (Wildman–Crippen MR) is 66.9 cm³/mol. The van der Waals surface area contributed by atoms with Gasteiger partial charge in [-0.25, -0.2) is 4.98 Å². The van der Waals surface area contributed by atoms with E-state index in [1.54, 1.807) is 0 Å². The van der Waals surface area contributed by atoms with Crippen molar-refractivity contribution in [2.45, 2.75) is 19.3 Å².